The van der Waals surface area contributed by atoms with Gasteiger partial charge >= 0.3 is 0 Å². The first-order chi connectivity index (χ1) is 17.5. The van der Waals surface area contributed by atoms with Gasteiger partial charge in [-0.15, -0.1) is 0 Å². The summed E-state index contributed by atoms with van der Waals surface area (Å²) in [6.45, 7) is 3.51. The highest BCUT2D eigenvalue weighted by Crippen LogP contribution is 2.39. The van der Waals surface area contributed by atoms with Gasteiger partial charge in [0.1, 0.15) is 18.1 Å². The number of benzene rings is 1. The van der Waals surface area contributed by atoms with Crippen LogP contribution in [0.1, 0.15) is 41.6 Å². The third kappa shape index (κ3) is 5.03. The zero-order valence-electron chi connectivity index (χ0n) is 20.4. The molecule has 6 nitrogen and oxygen atoms in total. The maximum Gasteiger partial charge on any atom is 0.137 e. The zero-order valence-corrected chi connectivity index (χ0v) is 20.4. The number of likely N-dealkylation sites (tertiary alicyclic amines) is 1. The number of aryl methyl sites for hydroxylation is 1. The molecule has 0 unspecified atom stereocenters. The van der Waals surface area contributed by atoms with Crippen molar-refractivity contribution in [1.82, 2.24) is 14.3 Å². The summed E-state index contributed by atoms with van der Waals surface area (Å²) in [5.74, 6) is 0.284. The molecule has 1 aliphatic carbocycles. The number of aliphatic hydroxyl groups excluding tert-OH is 1. The van der Waals surface area contributed by atoms with Crippen LogP contribution >= 0.6 is 0 Å². The number of hydrogen-bond acceptors (Lipinski definition) is 5. The van der Waals surface area contributed by atoms with Crippen molar-refractivity contribution in [3.05, 3.63) is 70.7 Å². The molecule has 2 aromatic heterocycles. The van der Waals surface area contributed by atoms with Gasteiger partial charge in [-0.3, -0.25) is 9.29 Å². The Balaban J connectivity index is 0.000000623. The minimum absolute atomic E-state index is 0.284. The lowest BCUT2D eigenvalue weighted by atomic mass is 9.78. The number of aromatic nitrogens is 2. The molecule has 1 aromatic carbocycles. The summed E-state index contributed by atoms with van der Waals surface area (Å²) in [4.78, 5) is 7.33. The van der Waals surface area contributed by atoms with Crippen LogP contribution in [0.3, 0.4) is 0 Å². The molecule has 3 aromatic rings. The zero-order chi connectivity index (χ0) is 25.1. The smallest absolute Gasteiger partial charge is 0.137 e. The van der Waals surface area contributed by atoms with Crippen molar-refractivity contribution in [3.63, 3.8) is 0 Å². The molecule has 2 saturated heterocycles. The lowest BCUT2D eigenvalue weighted by molar-refractivity contribution is -0.191. The van der Waals surface area contributed by atoms with E-state index in [0.717, 1.165) is 91.3 Å². The third-order valence-electron chi connectivity index (χ3n) is 7.24. The van der Waals surface area contributed by atoms with Gasteiger partial charge in [-0.05, 0) is 72.2 Å². The molecule has 6 rings (SSSR count). The van der Waals surface area contributed by atoms with Crippen molar-refractivity contribution in [1.29, 1.82) is 0 Å². The molecule has 2 aliphatic heterocycles. The second-order valence-corrected chi connectivity index (χ2v) is 10.1. The number of aromatic hydroxyl groups is 1. The van der Waals surface area contributed by atoms with Gasteiger partial charge in [0.25, 0.3) is 0 Å². The second-order valence-electron chi connectivity index (χ2n) is 10.1. The van der Waals surface area contributed by atoms with Gasteiger partial charge in [0.05, 0.1) is 32.2 Å². The number of pyridine rings is 1. The number of phenols is 1. The molecule has 8 heteroatoms. The molecule has 0 atom stereocenters. The average molecular weight is 498 g/mol. The van der Waals surface area contributed by atoms with Crippen molar-refractivity contribution in [3.8, 4) is 5.75 Å². The van der Waals surface area contributed by atoms with E-state index in [4.69, 9.17) is 14.8 Å². The first-order valence-corrected chi connectivity index (χ1v) is 12.6. The summed E-state index contributed by atoms with van der Waals surface area (Å²) in [6.07, 6.45) is 7.34. The third-order valence-corrected chi connectivity index (χ3v) is 7.24. The van der Waals surface area contributed by atoms with Crippen molar-refractivity contribution < 1.29 is 23.7 Å². The van der Waals surface area contributed by atoms with Gasteiger partial charge in [-0.1, -0.05) is 11.6 Å². The first kappa shape index (κ1) is 24.9. The molecule has 2 fully saturated rings. The van der Waals surface area contributed by atoms with Gasteiger partial charge in [0.15, 0.2) is 0 Å². The van der Waals surface area contributed by atoms with E-state index in [9.17, 15) is 13.9 Å². The molecule has 4 heterocycles. The van der Waals surface area contributed by atoms with Crippen LogP contribution in [0.5, 0.6) is 5.75 Å². The predicted molar refractivity (Wildman–Crippen MR) is 134 cm³/mol. The molecular weight excluding hydrogens is 464 g/mol. The van der Waals surface area contributed by atoms with E-state index in [1.807, 2.05) is 12.1 Å². The van der Waals surface area contributed by atoms with Crippen LogP contribution in [0, 0.1) is 5.41 Å². The van der Waals surface area contributed by atoms with Crippen molar-refractivity contribution >= 4 is 11.2 Å². The maximum atomic E-state index is 13.4. The van der Waals surface area contributed by atoms with Gasteiger partial charge in [0, 0.05) is 37.4 Å². The fourth-order valence-electron chi connectivity index (χ4n) is 5.64. The topological polar surface area (TPSA) is 70.2 Å². The van der Waals surface area contributed by atoms with E-state index < -0.39 is 6.67 Å². The van der Waals surface area contributed by atoms with Crippen LogP contribution in [0.25, 0.3) is 11.2 Å². The number of halogens is 2. The summed E-state index contributed by atoms with van der Waals surface area (Å²) >= 11 is 0. The van der Waals surface area contributed by atoms with Gasteiger partial charge in [-0.25, -0.2) is 9.37 Å². The highest BCUT2D eigenvalue weighted by Gasteiger charge is 2.48. The van der Waals surface area contributed by atoms with Crippen LogP contribution in [-0.4, -0.2) is 70.8 Å². The molecule has 3 aliphatic rings. The standard InChI is InChI=1S/C26H28FN3O2.C2H5FO/c27-8-6-18-2-1-3-19-10-22(31)4-5-23(19)25(18)20-7-9-30-13-21(28-24(30)11-20)12-29-14-26(15-29)16-32-17-26;3-1-2-4/h4-5,7,9-11,13,31H,1-3,6,8,12,14-17H2;4H,1-2H2. The average Bonchev–Trinajstić information content (AvgIpc) is 3.14. The van der Waals surface area contributed by atoms with E-state index in [2.05, 4.69) is 33.8 Å². The van der Waals surface area contributed by atoms with E-state index in [1.165, 1.54) is 0 Å². The molecule has 1 spiro atoms. The van der Waals surface area contributed by atoms with Crippen LogP contribution in [0.2, 0.25) is 0 Å². The number of hydrogen-bond donors (Lipinski definition) is 2. The fraction of sp³-hybridized carbons (Fsp3) is 0.464. The summed E-state index contributed by atoms with van der Waals surface area (Å²) in [6, 6.07) is 9.80. The first-order valence-electron chi connectivity index (χ1n) is 12.6. The van der Waals surface area contributed by atoms with Crippen molar-refractivity contribution in [2.75, 3.05) is 46.3 Å². The quantitative estimate of drug-likeness (QED) is 0.531. The summed E-state index contributed by atoms with van der Waals surface area (Å²) < 4.78 is 31.4. The summed E-state index contributed by atoms with van der Waals surface area (Å²) in [5, 5.41) is 17.5. The normalized spacial score (nSPS) is 18.8. The number of rotatable bonds is 6. The number of nitrogens with zero attached hydrogens (tertiary/aromatic N) is 3. The van der Waals surface area contributed by atoms with E-state index >= 15 is 0 Å². The molecule has 36 heavy (non-hydrogen) atoms. The Morgan fingerprint density at radius 2 is 1.86 bits per heavy atom. The van der Waals surface area contributed by atoms with E-state index in [1.54, 1.807) is 6.07 Å². The maximum absolute atomic E-state index is 13.4. The highest BCUT2D eigenvalue weighted by atomic mass is 19.1. The number of aliphatic hydroxyl groups is 1. The van der Waals surface area contributed by atoms with Gasteiger partial charge in [-0.2, -0.15) is 0 Å². The van der Waals surface area contributed by atoms with Crippen LogP contribution in [0.4, 0.5) is 8.78 Å². The Bertz CT molecular complexity index is 1240. The minimum atomic E-state index is -0.625. The monoisotopic (exact) mass is 497 g/mol. The number of ether oxygens (including phenoxy) is 1. The Kier molecular flexibility index (Phi) is 7.37. The summed E-state index contributed by atoms with van der Waals surface area (Å²) in [7, 11) is 0. The Labute approximate surface area is 209 Å². The molecule has 0 radical (unpaired) electrons. The number of fused-ring (bicyclic) bond motifs is 2. The molecular formula is C28H33F2N3O3. The lowest BCUT2D eigenvalue weighted by Gasteiger charge is -2.55. The van der Waals surface area contributed by atoms with Crippen LogP contribution in [-0.2, 0) is 17.7 Å². The number of imidazole rings is 1. The predicted octanol–water partition coefficient (Wildman–Crippen LogP) is 4.32. The van der Waals surface area contributed by atoms with E-state index in [-0.39, 0.29) is 19.0 Å². The van der Waals surface area contributed by atoms with Crippen molar-refractivity contribution in [2.45, 2.75) is 32.2 Å². The Morgan fingerprint density at radius 3 is 2.56 bits per heavy atom. The highest BCUT2D eigenvalue weighted by molar-refractivity contribution is 5.85. The lowest BCUT2D eigenvalue weighted by Crippen LogP contribution is -2.65. The Morgan fingerprint density at radius 1 is 1.06 bits per heavy atom. The SMILES string of the molecule is OCCF.Oc1ccc2c(c1)CCCC(CCF)=C2c1ccn2cc(CN3CC4(COC4)C3)nc2c1. The molecule has 0 amide bonds. The number of alkyl halides is 2. The number of allylic oxidation sites excluding steroid dienone is 1. The van der Waals surface area contributed by atoms with Crippen LogP contribution < -0.4 is 0 Å². The molecule has 192 valence electrons. The van der Waals surface area contributed by atoms with Crippen LogP contribution in [0.15, 0.2) is 48.3 Å². The number of phenolic OH excluding ortho intramolecular Hbond substituents is 1. The largest absolute Gasteiger partial charge is 0.508 e. The van der Waals surface area contributed by atoms with Gasteiger partial charge in [0.2, 0.25) is 0 Å². The second kappa shape index (κ2) is 10.7. The molecule has 0 bridgehead atoms. The fourth-order valence-corrected chi connectivity index (χ4v) is 5.64. The van der Waals surface area contributed by atoms with Gasteiger partial charge < -0.3 is 19.4 Å². The minimum Gasteiger partial charge on any atom is -0.508 e. The molecule has 0 saturated carbocycles. The molecule has 2 N–H and O–H groups in total. The Hall–Kier alpha value is -2.81. The summed E-state index contributed by atoms with van der Waals surface area (Å²) in [5.41, 5.74) is 7.96. The van der Waals surface area contributed by atoms with E-state index in [0.29, 0.717) is 11.8 Å². The van der Waals surface area contributed by atoms with Crippen molar-refractivity contribution in [2.24, 2.45) is 5.41 Å².